The molecule has 0 fully saturated rings. The van der Waals surface area contributed by atoms with Crippen LogP contribution in [0.3, 0.4) is 0 Å². The van der Waals surface area contributed by atoms with Crippen molar-refractivity contribution in [3.05, 3.63) is 85.4 Å². The van der Waals surface area contributed by atoms with Crippen LogP contribution in [0.5, 0.6) is 0 Å². The van der Waals surface area contributed by atoms with E-state index in [0.29, 0.717) is 28.2 Å². The Bertz CT molecular complexity index is 1170. The number of hydrogen-bond donors (Lipinski definition) is 1. The van der Waals surface area contributed by atoms with Gasteiger partial charge >= 0.3 is 0 Å². The first-order valence-corrected chi connectivity index (χ1v) is 9.78. The molecule has 0 aliphatic carbocycles. The molecule has 140 valence electrons. The highest BCUT2D eigenvalue weighted by Crippen LogP contribution is 2.24. The van der Waals surface area contributed by atoms with Crippen molar-refractivity contribution in [1.82, 2.24) is 9.78 Å². The van der Waals surface area contributed by atoms with E-state index in [0.717, 1.165) is 9.26 Å². The molecule has 28 heavy (non-hydrogen) atoms. The number of hydrazone groups is 1. The lowest BCUT2D eigenvalue weighted by Gasteiger charge is -2.10. The number of aromatic amines is 1. The molecule has 0 saturated carbocycles. The maximum absolute atomic E-state index is 12.9. The van der Waals surface area contributed by atoms with Gasteiger partial charge in [-0.25, -0.2) is 4.68 Å². The Kier molecular flexibility index (Phi) is 4.76. The minimum atomic E-state index is -0.246. The smallest absolute Gasteiger partial charge is 0.280 e. The molecule has 1 amide bonds. The van der Waals surface area contributed by atoms with E-state index in [1.807, 2.05) is 61.5 Å². The monoisotopic (exact) mass is 484 g/mol. The number of carbonyl (C=O) groups excluding carboxylic acids is 1. The number of aryl methyl sites for hydroxylation is 1. The summed E-state index contributed by atoms with van der Waals surface area (Å²) in [6, 6.07) is 16.9. The maximum Gasteiger partial charge on any atom is 0.280 e. The first-order chi connectivity index (χ1) is 13.5. The minimum absolute atomic E-state index is 0.204. The standard InChI is InChI=1S/C21H17IN4O2/c1-13-18(20(27)25(23-13)16-6-4-3-5-7-16)12-19-14(2)24-26(21(19)28)17-10-8-15(22)9-11-17/h3-12,24H,1-2H3/b18-12-. The molecule has 1 aromatic heterocycles. The molecule has 0 spiro atoms. The summed E-state index contributed by atoms with van der Waals surface area (Å²) in [6.45, 7) is 3.59. The van der Waals surface area contributed by atoms with Crippen LogP contribution in [0.15, 0.2) is 70.1 Å². The van der Waals surface area contributed by atoms with Gasteiger partial charge in [0.1, 0.15) is 0 Å². The predicted octanol–water partition coefficient (Wildman–Crippen LogP) is 3.88. The molecule has 3 aromatic rings. The normalized spacial score (nSPS) is 15.4. The Labute approximate surface area is 175 Å². The highest BCUT2D eigenvalue weighted by molar-refractivity contribution is 14.1. The molecule has 0 saturated heterocycles. The van der Waals surface area contributed by atoms with E-state index in [-0.39, 0.29) is 11.5 Å². The third-order valence-corrected chi connectivity index (χ3v) is 5.27. The molecular formula is C21H17IN4O2. The van der Waals surface area contributed by atoms with Crippen molar-refractivity contribution in [2.75, 3.05) is 5.01 Å². The van der Waals surface area contributed by atoms with Gasteiger partial charge in [0.2, 0.25) is 0 Å². The fraction of sp³-hybridized carbons (Fsp3) is 0.0952. The van der Waals surface area contributed by atoms with E-state index in [2.05, 4.69) is 32.8 Å². The average molecular weight is 484 g/mol. The molecule has 0 radical (unpaired) electrons. The molecule has 1 N–H and O–H groups in total. The average Bonchev–Trinajstić information content (AvgIpc) is 3.14. The van der Waals surface area contributed by atoms with Crippen LogP contribution in [-0.2, 0) is 4.79 Å². The molecule has 1 aliphatic heterocycles. The number of anilines is 1. The highest BCUT2D eigenvalue weighted by atomic mass is 127. The first kappa shape index (κ1) is 18.4. The lowest BCUT2D eigenvalue weighted by molar-refractivity contribution is -0.114. The minimum Gasteiger partial charge on any atom is -0.295 e. The summed E-state index contributed by atoms with van der Waals surface area (Å²) in [6.07, 6.45) is 1.63. The number of nitrogens with zero attached hydrogens (tertiary/aromatic N) is 3. The molecule has 6 nitrogen and oxygen atoms in total. The molecule has 0 bridgehead atoms. The number of carbonyl (C=O) groups is 1. The van der Waals surface area contributed by atoms with E-state index in [1.165, 1.54) is 9.69 Å². The van der Waals surface area contributed by atoms with Gasteiger partial charge in [-0.15, -0.1) is 0 Å². The second-order valence-corrected chi connectivity index (χ2v) is 7.71. The van der Waals surface area contributed by atoms with Gasteiger partial charge in [0.05, 0.1) is 28.2 Å². The van der Waals surface area contributed by atoms with E-state index in [1.54, 1.807) is 13.0 Å². The van der Waals surface area contributed by atoms with Crippen LogP contribution in [0.4, 0.5) is 5.69 Å². The van der Waals surface area contributed by atoms with Crippen LogP contribution in [0.2, 0.25) is 0 Å². The second-order valence-electron chi connectivity index (χ2n) is 6.46. The molecule has 0 unspecified atom stereocenters. The van der Waals surface area contributed by atoms with E-state index in [4.69, 9.17) is 0 Å². The molecule has 2 aromatic carbocycles. The summed E-state index contributed by atoms with van der Waals surface area (Å²) in [5, 5.41) is 8.81. The fourth-order valence-corrected chi connectivity index (χ4v) is 3.43. The van der Waals surface area contributed by atoms with Crippen molar-refractivity contribution in [2.45, 2.75) is 13.8 Å². The van der Waals surface area contributed by atoms with Gasteiger partial charge in [-0.05, 0) is 78.9 Å². The Morgan fingerprint density at radius 1 is 0.964 bits per heavy atom. The Hall–Kier alpha value is -2.94. The zero-order valence-corrected chi connectivity index (χ0v) is 17.5. The van der Waals surface area contributed by atoms with Gasteiger partial charge in [-0.1, -0.05) is 18.2 Å². The molecular weight excluding hydrogens is 467 g/mol. The largest absolute Gasteiger partial charge is 0.295 e. The van der Waals surface area contributed by atoms with Gasteiger partial charge in [-0.2, -0.15) is 10.1 Å². The van der Waals surface area contributed by atoms with Crippen LogP contribution in [0.25, 0.3) is 11.8 Å². The summed E-state index contributed by atoms with van der Waals surface area (Å²) in [4.78, 5) is 25.8. The van der Waals surface area contributed by atoms with E-state index in [9.17, 15) is 9.59 Å². The van der Waals surface area contributed by atoms with Gasteiger partial charge < -0.3 is 0 Å². The van der Waals surface area contributed by atoms with Crippen LogP contribution in [0.1, 0.15) is 18.2 Å². The lowest BCUT2D eigenvalue weighted by Crippen LogP contribution is -2.21. The number of amides is 1. The lowest BCUT2D eigenvalue weighted by atomic mass is 10.1. The first-order valence-electron chi connectivity index (χ1n) is 8.70. The molecule has 2 heterocycles. The summed E-state index contributed by atoms with van der Waals surface area (Å²) in [7, 11) is 0. The van der Waals surface area contributed by atoms with Crippen molar-refractivity contribution in [3.8, 4) is 5.69 Å². The number of H-pyrrole nitrogens is 1. The van der Waals surface area contributed by atoms with Gasteiger partial charge in [0.15, 0.2) is 0 Å². The Morgan fingerprint density at radius 3 is 2.32 bits per heavy atom. The van der Waals surface area contributed by atoms with Crippen LogP contribution >= 0.6 is 22.6 Å². The predicted molar refractivity (Wildman–Crippen MR) is 119 cm³/mol. The van der Waals surface area contributed by atoms with Gasteiger partial charge in [0, 0.05) is 9.26 Å². The van der Waals surface area contributed by atoms with Crippen molar-refractivity contribution in [2.24, 2.45) is 5.10 Å². The number of para-hydroxylation sites is 1. The zero-order chi connectivity index (χ0) is 19.8. The Balaban J connectivity index is 1.74. The van der Waals surface area contributed by atoms with Crippen LogP contribution < -0.4 is 10.6 Å². The summed E-state index contributed by atoms with van der Waals surface area (Å²) in [5.74, 6) is -0.246. The van der Waals surface area contributed by atoms with Crippen LogP contribution in [-0.4, -0.2) is 21.4 Å². The number of benzene rings is 2. The third kappa shape index (κ3) is 3.22. The number of nitrogens with one attached hydrogen (secondary N) is 1. The number of hydrogen-bond acceptors (Lipinski definition) is 3. The van der Waals surface area contributed by atoms with Crippen molar-refractivity contribution in [3.63, 3.8) is 0 Å². The van der Waals surface area contributed by atoms with Crippen molar-refractivity contribution in [1.29, 1.82) is 0 Å². The quantitative estimate of drug-likeness (QED) is 0.453. The SMILES string of the molecule is CC1=NN(c2ccccc2)C(=O)/C1=C\c1c(C)[nH]n(-c2ccc(I)cc2)c1=O. The molecule has 4 rings (SSSR count). The summed E-state index contributed by atoms with van der Waals surface area (Å²) < 4.78 is 2.57. The number of halogens is 1. The summed E-state index contributed by atoms with van der Waals surface area (Å²) >= 11 is 2.22. The zero-order valence-electron chi connectivity index (χ0n) is 15.3. The molecule has 1 aliphatic rings. The summed E-state index contributed by atoms with van der Waals surface area (Å²) in [5.41, 5.74) is 3.36. The fourth-order valence-electron chi connectivity index (χ4n) is 3.07. The maximum atomic E-state index is 12.9. The van der Waals surface area contributed by atoms with Crippen LogP contribution in [0, 0.1) is 10.5 Å². The van der Waals surface area contributed by atoms with Gasteiger partial charge in [-0.3, -0.25) is 14.7 Å². The number of rotatable bonds is 3. The van der Waals surface area contributed by atoms with Crippen molar-refractivity contribution >= 4 is 46.0 Å². The Morgan fingerprint density at radius 2 is 1.64 bits per heavy atom. The topological polar surface area (TPSA) is 70.5 Å². The van der Waals surface area contributed by atoms with Crippen molar-refractivity contribution < 1.29 is 4.79 Å². The third-order valence-electron chi connectivity index (χ3n) is 4.55. The second kappa shape index (κ2) is 7.23. The molecule has 7 heteroatoms. The number of aromatic nitrogens is 2. The van der Waals surface area contributed by atoms with E-state index >= 15 is 0 Å². The highest BCUT2D eigenvalue weighted by Gasteiger charge is 2.29. The van der Waals surface area contributed by atoms with Gasteiger partial charge in [0.25, 0.3) is 11.5 Å². The molecule has 0 atom stereocenters. The van der Waals surface area contributed by atoms with E-state index < -0.39 is 0 Å².